The predicted molar refractivity (Wildman–Crippen MR) is 68.9 cm³/mol. The molecule has 2 aromatic rings. The van der Waals surface area contributed by atoms with Crippen LogP contribution in [0.15, 0.2) is 12.1 Å². The van der Waals surface area contributed by atoms with E-state index in [4.69, 9.17) is 10.5 Å². The topological polar surface area (TPSA) is 81.3 Å². The van der Waals surface area contributed by atoms with Crippen molar-refractivity contribution in [3.05, 3.63) is 12.1 Å². The zero-order chi connectivity index (χ0) is 12.7. The van der Waals surface area contributed by atoms with Crippen LogP contribution in [-0.4, -0.2) is 35.6 Å². The van der Waals surface area contributed by atoms with Crippen molar-refractivity contribution in [3.63, 3.8) is 0 Å². The first-order valence-electron chi connectivity index (χ1n) is 5.55. The van der Waals surface area contributed by atoms with E-state index in [9.17, 15) is 4.79 Å². The molecule has 0 spiro atoms. The fourth-order valence-electron chi connectivity index (χ4n) is 1.94. The van der Waals surface area contributed by atoms with E-state index in [0.717, 1.165) is 10.3 Å². The Labute approximate surface area is 107 Å². The number of ether oxygens (including phenoxy) is 1. The van der Waals surface area contributed by atoms with Gasteiger partial charge in [-0.2, -0.15) is 0 Å². The van der Waals surface area contributed by atoms with Crippen LogP contribution >= 0.6 is 11.3 Å². The van der Waals surface area contributed by atoms with Crippen LogP contribution in [0.3, 0.4) is 0 Å². The Morgan fingerprint density at radius 3 is 3.00 bits per heavy atom. The number of pyridine rings is 1. The van der Waals surface area contributed by atoms with Crippen LogP contribution in [0.1, 0.15) is 6.42 Å². The Morgan fingerprint density at radius 1 is 1.50 bits per heavy atom. The van der Waals surface area contributed by atoms with Crippen molar-refractivity contribution in [2.75, 3.05) is 18.6 Å². The largest absolute Gasteiger partial charge is 0.481 e. The highest BCUT2D eigenvalue weighted by atomic mass is 32.1. The fourth-order valence-corrected chi connectivity index (χ4v) is 2.90. The van der Waals surface area contributed by atoms with Crippen molar-refractivity contribution < 1.29 is 9.53 Å². The van der Waals surface area contributed by atoms with Crippen molar-refractivity contribution in [2.45, 2.75) is 12.5 Å². The molecule has 2 aromatic heterocycles. The fraction of sp³-hybridized carbons (Fsp3) is 0.364. The summed E-state index contributed by atoms with van der Waals surface area (Å²) >= 11 is 1.38. The summed E-state index contributed by atoms with van der Waals surface area (Å²) in [6.07, 6.45) is 0.382. The molecule has 0 saturated carbocycles. The molecule has 1 unspecified atom stereocenters. The lowest BCUT2D eigenvalue weighted by molar-refractivity contribution is -0.117. The predicted octanol–water partition coefficient (Wildman–Crippen LogP) is 0.764. The molecule has 0 bridgehead atoms. The van der Waals surface area contributed by atoms with Gasteiger partial charge in [-0.3, -0.25) is 9.69 Å². The molecule has 1 aliphatic rings. The third-order valence-corrected chi connectivity index (χ3v) is 3.80. The van der Waals surface area contributed by atoms with Crippen LogP contribution in [0, 0.1) is 0 Å². The third kappa shape index (κ3) is 1.81. The zero-order valence-electron chi connectivity index (χ0n) is 9.79. The van der Waals surface area contributed by atoms with Crippen LogP contribution in [-0.2, 0) is 4.79 Å². The lowest BCUT2D eigenvalue weighted by Gasteiger charge is -2.10. The molecule has 1 fully saturated rings. The first-order chi connectivity index (χ1) is 8.67. The number of hydrogen-bond acceptors (Lipinski definition) is 6. The van der Waals surface area contributed by atoms with Gasteiger partial charge in [-0.1, -0.05) is 11.3 Å². The van der Waals surface area contributed by atoms with Gasteiger partial charge in [0.05, 0.1) is 7.11 Å². The van der Waals surface area contributed by atoms with E-state index < -0.39 is 0 Å². The third-order valence-electron chi connectivity index (χ3n) is 2.81. The first-order valence-corrected chi connectivity index (χ1v) is 6.36. The number of methoxy groups -OCH3 is 1. The minimum absolute atomic E-state index is 0.0218. The summed E-state index contributed by atoms with van der Waals surface area (Å²) in [6.45, 7) is 0.524. The minimum Gasteiger partial charge on any atom is -0.481 e. The summed E-state index contributed by atoms with van der Waals surface area (Å²) in [6, 6.07) is 3.48. The SMILES string of the molecule is COc1ccc2nc(N3CC(N)CC3=O)sc2n1. The second kappa shape index (κ2) is 4.18. The Hall–Kier alpha value is -1.73. The second-order valence-electron chi connectivity index (χ2n) is 4.14. The Kier molecular flexibility index (Phi) is 2.64. The van der Waals surface area contributed by atoms with Gasteiger partial charge in [0.2, 0.25) is 11.8 Å². The van der Waals surface area contributed by atoms with Gasteiger partial charge in [-0.25, -0.2) is 9.97 Å². The summed E-state index contributed by atoms with van der Waals surface area (Å²) in [5.74, 6) is 0.565. The van der Waals surface area contributed by atoms with Crippen molar-refractivity contribution in [3.8, 4) is 5.88 Å². The number of nitrogens with two attached hydrogens (primary N) is 1. The summed E-state index contributed by atoms with van der Waals surface area (Å²) < 4.78 is 5.06. The van der Waals surface area contributed by atoms with Crippen LogP contribution in [0.25, 0.3) is 10.3 Å². The van der Waals surface area contributed by atoms with Gasteiger partial charge in [0.15, 0.2) is 5.13 Å². The summed E-state index contributed by atoms with van der Waals surface area (Å²) in [7, 11) is 1.57. The molecule has 1 aliphatic heterocycles. The maximum absolute atomic E-state index is 11.8. The number of amides is 1. The second-order valence-corrected chi connectivity index (χ2v) is 5.10. The highest BCUT2D eigenvalue weighted by molar-refractivity contribution is 7.22. The lowest BCUT2D eigenvalue weighted by atomic mass is 10.3. The van der Waals surface area contributed by atoms with Crippen molar-refractivity contribution >= 4 is 32.7 Å². The van der Waals surface area contributed by atoms with Crippen molar-refractivity contribution in [2.24, 2.45) is 5.73 Å². The molecule has 1 amide bonds. The number of anilines is 1. The lowest BCUT2D eigenvalue weighted by Crippen LogP contribution is -2.27. The highest BCUT2D eigenvalue weighted by Crippen LogP contribution is 2.31. The summed E-state index contributed by atoms with van der Waals surface area (Å²) in [5.41, 5.74) is 6.54. The smallest absolute Gasteiger partial charge is 0.230 e. The first kappa shape index (κ1) is 11.4. The molecule has 7 heteroatoms. The van der Waals surface area contributed by atoms with Gasteiger partial charge in [-0.15, -0.1) is 0 Å². The molecule has 1 atom stereocenters. The number of hydrogen-bond donors (Lipinski definition) is 1. The minimum atomic E-state index is -0.105. The zero-order valence-corrected chi connectivity index (χ0v) is 10.6. The number of nitrogens with zero attached hydrogens (tertiary/aromatic N) is 3. The molecule has 0 aromatic carbocycles. The molecule has 94 valence electrons. The van der Waals surface area contributed by atoms with Crippen molar-refractivity contribution in [1.29, 1.82) is 0 Å². The Balaban J connectivity index is 2.00. The molecular weight excluding hydrogens is 252 g/mol. The summed E-state index contributed by atoms with van der Waals surface area (Å²) in [5, 5.41) is 0.656. The summed E-state index contributed by atoms with van der Waals surface area (Å²) in [4.78, 5) is 22.8. The molecular formula is C11H12N4O2S. The van der Waals surface area contributed by atoms with Crippen molar-refractivity contribution in [1.82, 2.24) is 9.97 Å². The van der Waals surface area contributed by atoms with E-state index in [-0.39, 0.29) is 11.9 Å². The van der Waals surface area contributed by atoms with Crippen LogP contribution in [0.4, 0.5) is 5.13 Å². The molecule has 0 radical (unpaired) electrons. The van der Waals surface area contributed by atoms with Gasteiger partial charge in [0, 0.05) is 25.1 Å². The van der Waals surface area contributed by atoms with E-state index in [1.807, 2.05) is 6.07 Å². The monoisotopic (exact) mass is 264 g/mol. The van der Waals surface area contributed by atoms with E-state index >= 15 is 0 Å². The van der Waals surface area contributed by atoms with Gasteiger partial charge >= 0.3 is 0 Å². The van der Waals surface area contributed by atoms with E-state index in [2.05, 4.69) is 9.97 Å². The number of aromatic nitrogens is 2. The number of rotatable bonds is 2. The van der Waals surface area contributed by atoms with E-state index in [1.54, 1.807) is 18.1 Å². The van der Waals surface area contributed by atoms with Crippen LogP contribution in [0.5, 0.6) is 5.88 Å². The Morgan fingerprint density at radius 2 is 2.33 bits per heavy atom. The van der Waals surface area contributed by atoms with Crippen LogP contribution < -0.4 is 15.4 Å². The molecule has 3 heterocycles. The number of thiazole rings is 1. The highest BCUT2D eigenvalue weighted by Gasteiger charge is 2.30. The number of fused-ring (bicyclic) bond motifs is 1. The molecule has 3 rings (SSSR count). The maximum Gasteiger partial charge on any atom is 0.230 e. The Bertz CT molecular complexity index is 612. The molecule has 1 saturated heterocycles. The van der Waals surface area contributed by atoms with Gasteiger partial charge in [-0.05, 0) is 6.07 Å². The molecule has 18 heavy (non-hydrogen) atoms. The molecule has 0 aliphatic carbocycles. The van der Waals surface area contributed by atoms with E-state index in [1.165, 1.54) is 11.3 Å². The van der Waals surface area contributed by atoms with Crippen LogP contribution in [0.2, 0.25) is 0 Å². The number of carbonyl (C=O) groups is 1. The molecule has 6 nitrogen and oxygen atoms in total. The standard InChI is InChI=1S/C11H12N4O2S/c1-17-8-3-2-7-10(14-8)18-11(13-7)15-5-6(12)4-9(15)16/h2-3,6H,4-5,12H2,1H3. The normalized spacial score (nSPS) is 19.8. The number of carbonyl (C=O) groups excluding carboxylic acids is 1. The quantitative estimate of drug-likeness (QED) is 0.866. The van der Waals surface area contributed by atoms with E-state index in [0.29, 0.717) is 24.0 Å². The average Bonchev–Trinajstić information content (AvgIpc) is 2.90. The van der Waals surface area contributed by atoms with Gasteiger partial charge in [0.25, 0.3) is 0 Å². The van der Waals surface area contributed by atoms with Gasteiger partial charge in [0.1, 0.15) is 10.3 Å². The average molecular weight is 264 g/mol. The molecule has 2 N–H and O–H groups in total. The van der Waals surface area contributed by atoms with Gasteiger partial charge < -0.3 is 10.5 Å². The maximum atomic E-state index is 11.8.